The van der Waals surface area contributed by atoms with Crippen molar-refractivity contribution in [1.29, 1.82) is 0 Å². The predicted molar refractivity (Wildman–Crippen MR) is 93.1 cm³/mol. The molecule has 0 saturated carbocycles. The Morgan fingerprint density at radius 2 is 2.08 bits per heavy atom. The fraction of sp³-hybridized carbons (Fsp3) is 0.176. The van der Waals surface area contributed by atoms with Gasteiger partial charge in [-0.3, -0.25) is 4.79 Å². The molecule has 0 fully saturated rings. The highest BCUT2D eigenvalue weighted by molar-refractivity contribution is 7.12. The van der Waals surface area contributed by atoms with Gasteiger partial charge < -0.3 is 14.8 Å². The van der Waals surface area contributed by atoms with Crippen molar-refractivity contribution in [2.75, 3.05) is 19.5 Å². The highest BCUT2D eigenvalue weighted by atomic mass is 32.1. The number of hydrogen-bond acceptors (Lipinski definition) is 5. The summed E-state index contributed by atoms with van der Waals surface area (Å²) >= 11 is 1.40. The Labute approximate surface area is 143 Å². The van der Waals surface area contributed by atoms with Crippen molar-refractivity contribution in [1.82, 2.24) is 9.78 Å². The monoisotopic (exact) mass is 343 g/mol. The Bertz CT molecular complexity index is 827. The summed E-state index contributed by atoms with van der Waals surface area (Å²) in [6, 6.07) is 11.1. The van der Waals surface area contributed by atoms with Gasteiger partial charge in [0.05, 0.1) is 31.8 Å². The molecule has 0 unspecified atom stereocenters. The van der Waals surface area contributed by atoms with Crippen LogP contribution in [-0.4, -0.2) is 29.9 Å². The second kappa shape index (κ2) is 7.18. The third-order valence-electron chi connectivity index (χ3n) is 3.51. The molecule has 0 saturated heterocycles. The summed E-state index contributed by atoms with van der Waals surface area (Å²) in [5, 5.41) is 9.03. The van der Waals surface area contributed by atoms with Crippen LogP contribution in [0.15, 0.2) is 48.0 Å². The largest absolute Gasteiger partial charge is 0.493 e. The van der Waals surface area contributed by atoms with Gasteiger partial charge in [0.15, 0.2) is 11.5 Å². The van der Waals surface area contributed by atoms with Crippen LogP contribution in [0.5, 0.6) is 11.5 Å². The van der Waals surface area contributed by atoms with Crippen molar-refractivity contribution in [3.8, 4) is 11.5 Å². The number of nitrogens with one attached hydrogen (secondary N) is 1. The van der Waals surface area contributed by atoms with E-state index in [1.54, 1.807) is 37.2 Å². The van der Waals surface area contributed by atoms with Crippen LogP contribution < -0.4 is 14.8 Å². The maximum atomic E-state index is 12.2. The van der Waals surface area contributed by atoms with E-state index in [2.05, 4.69) is 10.4 Å². The van der Waals surface area contributed by atoms with Crippen LogP contribution in [0.1, 0.15) is 15.2 Å². The number of aromatic nitrogens is 2. The molecule has 0 aliphatic carbocycles. The molecule has 0 radical (unpaired) electrons. The smallest absolute Gasteiger partial charge is 0.266 e. The molecule has 1 amide bonds. The molecule has 0 bridgehead atoms. The molecular formula is C17H17N3O3S. The summed E-state index contributed by atoms with van der Waals surface area (Å²) in [5.41, 5.74) is 0.909. The molecule has 3 aromatic rings. The topological polar surface area (TPSA) is 65.4 Å². The zero-order valence-corrected chi connectivity index (χ0v) is 14.2. The molecule has 2 heterocycles. The number of thiophene rings is 1. The van der Waals surface area contributed by atoms with Crippen molar-refractivity contribution in [2.24, 2.45) is 0 Å². The Balaban J connectivity index is 1.83. The van der Waals surface area contributed by atoms with Crippen LogP contribution in [0.3, 0.4) is 0 Å². The Morgan fingerprint density at radius 3 is 2.79 bits per heavy atom. The predicted octanol–water partition coefficient (Wildman–Crippen LogP) is 3.26. The average Bonchev–Trinajstić information content (AvgIpc) is 3.27. The van der Waals surface area contributed by atoms with E-state index in [1.807, 2.05) is 29.6 Å². The van der Waals surface area contributed by atoms with Crippen LogP contribution in [0.4, 0.5) is 5.82 Å². The van der Waals surface area contributed by atoms with E-state index in [1.165, 1.54) is 11.3 Å². The number of nitrogens with zero attached hydrogens (tertiary/aromatic N) is 2. The summed E-state index contributed by atoms with van der Waals surface area (Å²) < 4.78 is 12.5. The molecule has 6 nitrogen and oxygen atoms in total. The van der Waals surface area contributed by atoms with E-state index in [-0.39, 0.29) is 5.91 Å². The maximum Gasteiger partial charge on any atom is 0.266 e. The Kier molecular flexibility index (Phi) is 4.81. The molecule has 24 heavy (non-hydrogen) atoms. The number of benzene rings is 1. The number of amides is 1. The van der Waals surface area contributed by atoms with E-state index in [9.17, 15) is 4.79 Å². The second-order valence-electron chi connectivity index (χ2n) is 4.96. The SMILES string of the molecule is COc1cccc(Cn2nccc2NC(=O)c2cccs2)c1OC. The van der Waals surface area contributed by atoms with Gasteiger partial charge >= 0.3 is 0 Å². The molecule has 3 rings (SSSR count). The van der Waals surface area contributed by atoms with Gasteiger partial charge in [-0.05, 0) is 17.5 Å². The molecule has 2 aromatic heterocycles. The fourth-order valence-corrected chi connectivity index (χ4v) is 3.01. The standard InChI is InChI=1S/C17H17N3O3S/c1-22-13-6-3-5-12(16(13)23-2)11-20-15(8-9-18-20)19-17(21)14-7-4-10-24-14/h3-10H,11H2,1-2H3,(H,19,21). The first kappa shape index (κ1) is 16.1. The third-order valence-corrected chi connectivity index (χ3v) is 4.38. The zero-order valence-electron chi connectivity index (χ0n) is 13.4. The summed E-state index contributed by atoms with van der Waals surface area (Å²) in [5.74, 6) is 1.79. The number of para-hydroxylation sites is 1. The molecule has 7 heteroatoms. The highest BCUT2D eigenvalue weighted by Crippen LogP contribution is 2.31. The van der Waals surface area contributed by atoms with Crippen LogP contribution in [0, 0.1) is 0 Å². The minimum Gasteiger partial charge on any atom is -0.493 e. The van der Waals surface area contributed by atoms with E-state index < -0.39 is 0 Å². The van der Waals surface area contributed by atoms with E-state index in [0.717, 1.165) is 5.56 Å². The number of hydrogen-bond donors (Lipinski definition) is 1. The van der Waals surface area contributed by atoms with Gasteiger partial charge in [0.1, 0.15) is 5.82 Å². The van der Waals surface area contributed by atoms with Crippen LogP contribution in [0.2, 0.25) is 0 Å². The summed E-state index contributed by atoms with van der Waals surface area (Å²) in [7, 11) is 3.20. The van der Waals surface area contributed by atoms with Gasteiger partial charge in [0, 0.05) is 11.6 Å². The molecule has 1 N–H and O–H groups in total. The number of rotatable bonds is 6. The Morgan fingerprint density at radius 1 is 1.21 bits per heavy atom. The lowest BCUT2D eigenvalue weighted by atomic mass is 10.2. The minimum absolute atomic E-state index is 0.149. The second-order valence-corrected chi connectivity index (χ2v) is 5.91. The average molecular weight is 343 g/mol. The molecule has 0 aliphatic rings. The lowest BCUT2D eigenvalue weighted by Gasteiger charge is -2.14. The third kappa shape index (κ3) is 3.26. The minimum atomic E-state index is -0.149. The number of anilines is 1. The zero-order chi connectivity index (χ0) is 16.9. The number of carbonyl (C=O) groups excluding carboxylic acids is 1. The van der Waals surface area contributed by atoms with E-state index >= 15 is 0 Å². The van der Waals surface area contributed by atoms with Crippen molar-refractivity contribution < 1.29 is 14.3 Å². The first-order valence-electron chi connectivity index (χ1n) is 7.29. The van der Waals surface area contributed by atoms with Crippen molar-refractivity contribution in [3.63, 3.8) is 0 Å². The first-order chi connectivity index (χ1) is 11.7. The summed E-state index contributed by atoms with van der Waals surface area (Å²) in [4.78, 5) is 12.9. The summed E-state index contributed by atoms with van der Waals surface area (Å²) in [6.07, 6.45) is 1.65. The quantitative estimate of drug-likeness (QED) is 0.746. The Hall–Kier alpha value is -2.80. The number of ether oxygens (including phenoxy) is 2. The lowest BCUT2D eigenvalue weighted by Crippen LogP contribution is -2.15. The normalized spacial score (nSPS) is 10.4. The van der Waals surface area contributed by atoms with Crippen molar-refractivity contribution in [2.45, 2.75) is 6.54 Å². The molecule has 0 aliphatic heterocycles. The van der Waals surface area contributed by atoms with Gasteiger partial charge in [-0.1, -0.05) is 18.2 Å². The van der Waals surface area contributed by atoms with Gasteiger partial charge in [-0.2, -0.15) is 5.10 Å². The van der Waals surface area contributed by atoms with Gasteiger partial charge in [0.2, 0.25) is 0 Å². The number of carbonyl (C=O) groups is 1. The molecule has 0 spiro atoms. The molecule has 1 aromatic carbocycles. The highest BCUT2D eigenvalue weighted by Gasteiger charge is 2.14. The molecular weight excluding hydrogens is 326 g/mol. The van der Waals surface area contributed by atoms with Crippen molar-refractivity contribution in [3.05, 3.63) is 58.4 Å². The van der Waals surface area contributed by atoms with Crippen LogP contribution >= 0.6 is 11.3 Å². The van der Waals surface area contributed by atoms with E-state index in [4.69, 9.17) is 9.47 Å². The van der Waals surface area contributed by atoms with Crippen LogP contribution in [-0.2, 0) is 6.54 Å². The fourth-order valence-electron chi connectivity index (χ4n) is 2.39. The van der Waals surface area contributed by atoms with Gasteiger partial charge in [-0.15, -0.1) is 11.3 Å². The summed E-state index contributed by atoms with van der Waals surface area (Å²) in [6.45, 7) is 0.452. The van der Waals surface area contributed by atoms with Crippen LogP contribution in [0.25, 0.3) is 0 Å². The first-order valence-corrected chi connectivity index (χ1v) is 8.17. The van der Waals surface area contributed by atoms with Crippen molar-refractivity contribution >= 4 is 23.1 Å². The lowest BCUT2D eigenvalue weighted by molar-refractivity contribution is 0.102. The number of methoxy groups -OCH3 is 2. The van der Waals surface area contributed by atoms with Gasteiger partial charge in [0.25, 0.3) is 5.91 Å². The van der Waals surface area contributed by atoms with Gasteiger partial charge in [-0.25, -0.2) is 4.68 Å². The molecule has 0 atom stereocenters. The van der Waals surface area contributed by atoms with E-state index in [0.29, 0.717) is 28.7 Å². The maximum absolute atomic E-state index is 12.2. The molecule has 124 valence electrons.